The Morgan fingerprint density at radius 3 is 2.82 bits per heavy atom. The van der Waals surface area contributed by atoms with Gasteiger partial charge < -0.3 is 0 Å². The van der Waals surface area contributed by atoms with E-state index in [1.165, 1.54) is 18.0 Å². The number of hydrogen-bond donors (Lipinski definition) is 0. The highest BCUT2D eigenvalue weighted by atomic mass is 32.2. The van der Waals surface area contributed by atoms with Crippen LogP contribution in [0.3, 0.4) is 0 Å². The van der Waals surface area contributed by atoms with Crippen molar-refractivity contribution in [3.05, 3.63) is 12.8 Å². The maximum absolute atomic E-state index is 5.18. The first kappa shape index (κ1) is 10.5. The Bertz CT molecular complexity index is 147. The summed E-state index contributed by atoms with van der Waals surface area (Å²) in [6, 6.07) is 0. The molecule has 0 aromatic heterocycles. The van der Waals surface area contributed by atoms with Crippen molar-refractivity contribution in [3.8, 4) is 0 Å². The van der Waals surface area contributed by atoms with Gasteiger partial charge in [0.1, 0.15) is 0 Å². The molecule has 4 heteroatoms. The second-order valence-electron chi connectivity index (χ2n) is 1.71. The number of aliphatic imine (C=N–C) groups is 1. The topological polar surface area (TPSA) is 24.8 Å². The minimum Gasteiger partial charge on any atom is -0.272 e. The maximum Gasteiger partial charge on any atom is 0.187 e. The van der Waals surface area contributed by atoms with Gasteiger partial charge in [-0.3, -0.25) is 4.84 Å². The zero-order valence-electron chi connectivity index (χ0n) is 7.20. The fourth-order valence-electron chi connectivity index (χ4n) is 0.590. The van der Waals surface area contributed by atoms with Crippen LogP contribution in [0.5, 0.6) is 0 Å². The van der Waals surface area contributed by atoms with Crippen LogP contribution in [-0.2, 0) is 4.84 Å². The van der Waals surface area contributed by atoms with Gasteiger partial charge in [-0.2, -0.15) is 0 Å². The van der Waals surface area contributed by atoms with E-state index in [1.54, 1.807) is 5.06 Å². The van der Waals surface area contributed by atoms with Crippen LogP contribution in [0, 0.1) is 0 Å². The van der Waals surface area contributed by atoms with Gasteiger partial charge in [-0.25, -0.2) is 10.1 Å². The third kappa shape index (κ3) is 4.06. The van der Waals surface area contributed by atoms with Crippen LogP contribution in [0.4, 0.5) is 0 Å². The molecule has 0 spiro atoms. The van der Waals surface area contributed by atoms with Crippen LogP contribution in [0.2, 0.25) is 0 Å². The summed E-state index contributed by atoms with van der Waals surface area (Å²) < 4.78 is 0. The monoisotopic (exact) mass is 174 g/mol. The molecular formula is C7H14N2OS. The van der Waals surface area contributed by atoms with Gasteiger partial charge in [0.25, 0.3) is 0 Å². The SMILES string of the molecule is C=CN=C(SC)N(C)OCC. The van der Waals surface area contributed by atoms with E-state index in [0.29, 0.717) is 6.61 Å². The van der Waals surface area contributed by atoms with Crippen LogP contribution in [0.25, 0.3) is 0 Å². The summed E-state index contributed by atoms with van der Waals surface area (Å²) in [6.07, 6.45) is 3.44. The van der Waals surface area contributed by atoms with Gasteiger partial charge in [-0.05, 0) is 13.2 Å². The van der Waals surface area contributed by atoms with Gasteiger partial charge in [-0.15, -0.1) is 0 Å². The van der Waals surface area contributed by atoms with Crippen molar-refractivity contribution in [2.24, 2.45) is 4.99 Å². The molecule has 0 aliphatic heterocycles. The van der Waals surface area contributed by atoms with Gasteiger partial charge in [0.05, 0.1) is 6.61 Å². The molecule has 0 saturated heterocycles. The van der Waals surface area contributed by atoms with E-state index in [4.69, 9.17) is 4.84 Å². The molecule has 0 unspecified atom stereocenters. The van der Waals surface area contributed by atoms with Crippen LogP contribution in [-0.4, -0.2) is 30.1 Å². The summed E-state index contributed by atoms with van der Waals surface area (Å²) in [4.78, 5) is 9.19. The van der Waals surface area contributed by atoms with E-state index >= 15 is 0 Å². The minimum atomic E-state index is 0.646. The molecule has 0 amide bonds. The normalized spacial score (nSPS) is 11.4. The fourth-order valence-corrected chi connectivity index (χ4v) is 1.08. The summed E-state index contributed by atoms with van der Waals surface area (Å²) in [5.74, 6) is 0. The Kier molecular flexibility index (Phi) is 5.97. The number of thioether (sulfide) groups is 1. The van der Waals surface area contributed by atoms with E-state index < -0.39 is 0 Å². The third-order valence-electron chi connectivity index (χ3n) is 0.976. The Morgan fingerprint density at radius 2 is 2.45 bits per heavy atom. The van der Waals surface area contributed by atoms with Crippen molar-refractivity contribution in [2.75, 3.05) is 19.9 Å². The molecule has 0 heterocycles. The lowest BCUT2D eigenvalue weighted by atomic mass is 10.9. The molecule has 3 nitrogen and oxygen atoms in total. The van der Waals surface area contributed by atoms with Crippen LogP contribution in [0.15, 0.2) is 17.8 Å². The van der Waals surface area contributed by atoms with Crippen molar-refractivity contribution in [1.82, 2.24) is 5.06 Å². The molecule has 0 fully saturated rings. The Morgan fingerprint density at radius 1 is 1.82 bits per heavy atom. The van der Waals surface area contributed by atoms with Crippen LogP contribution in [0.1, 0.15) is 6.92 Å². The predicted octanol–water partition coefficient (Wildman–Crippen LogP) is 1.73. The first-order chi connectivity index (χ1) is 5.26. The largest absolute Gasteiger partial charge is 0.272 e. The summed E-state index contributed by atoms with van der Waals surface area (Å²) in [5.41, 5.74) is 0. The number of hydrogen-bond acceptors (Lipinski definition) is 3. The second kappa shape index (κ2) is 6.24. The standard InChI is InChI=1S/C7H14N2OS/c1-5-8-7(11-4)9(3)10-6-2/h5H,1,6H2,2-4H3. The number of nitrogens with zero attached hydrogens (tertiary/aromatic N) is 2. The molecule has 0 rings (SSSR count). The van der Waals surface area contributed by atoms with E-state index in [9.17, 15) is 0 Å². The quantitative estimate of drug-likeness (QED) is 0.370. The van der Waals surface area contributed by atoms with E-state index in [1.807, 2.05) is 20.2 Å². The zero-order chi connectivity index (χ0) is 8.69. The van der Waals surface area contributed by atoms with E-state index in [2.05, 4.69) is 11.6 Å². The first-order valence-corrected chi connectivity index (χ1v) is 4.58. The predicted molar refractivity (Wildman–Crippen MR) is 50.5 cm³/mol. The Balaban J connectivity index is 4.01. The molecule has 0 N–H and O–H groups in total. The molecule has 0 atom stereocenters. The lowest BCUT2D eigenvalue weighted by molar-refractivity contribution is -0.0696. The summed E-state index contributed by atoms with van der Waals surface area (Å²) in [5, 5.41) is 2.44. The average Bonchev–Trinajstić information content (AvgIpc) is 2.00. The van der Waals surface area contributed by atoms with Gasteiger partial charge in [-0.1, -0.05) is 18.3 Å². The van der Waals surface area contributed by atoms with Crippen molar-refractivity contribution < 1.29 is 4.84 Å². The smallest absolute Gasteiger partial charge is 0.187 e. The molecule has 0 aromatic carbocycles. The average molecular weight is 174 g/mol. The maximum atomic E-state index is 5.18. The minimum absolute atomic E-state index is 0.646. The Hall–Kier alpha value is -0.480. The summed E-state index contributed by atoms with van der Waals surface area (Å²) in [7, 11) is 1.82. The van der Waals surface area contributed by atoms with Crippen LogP contribution >= 0.6 is 11.8 Å². The second-order valence-corrected chi connectivity index (χ2v) is 2.49. The van der Waals surface area contributed by atoms with Crippen molar-refractivity contribution in [2.45, 2.75) is 6.92 Å². The van der Waals surface area contributed by atoms with Crippen molar-refractivity contribution in [1.29, 1.82) is 0 Å². The first-order valence-electron chi connectivity index (χ1n) is 3.35. The highest BCUT2D eigenvalue weighted by molar-refractivity contribution is 8.13. The molecular weight excluding hydrogens is 160 g/mol. The highest BCUT2D eigenvalue weighted by Crippen LogP contribution is 2.03. The lowest BCUT2D eigenvalue weighted by Gasteiger charge is -2.16. The number of hydroxylamine groups is 2. The lowest BCUT2D eigenvalue weighted by Crippen LogP contribution is -2.23. The molecule has 11 heavy (non-hydrogen) atoms. The highest BCUT2D eigenvalue weighted by Gasteiger charge is 2.02. The molecule has 0 saturated carbocycles. The van der Waals surface area contributed by atoms with Gasteiger partial charge in [0.2, 0.25) is 0 Å². The van der Waals surface area contributed by atoms with Gasteiger partial charge in [0, 0.05) is 13.2 Å². The van der Waals surface area contributed by atoms with Crippen LogP contribution < -0.4 is 0 Å². The van der Waals surface area contributed by atoms with Gasteiger partial charge >= 0.3 is 0 Å². The molecule has 0 aliphatic rings. The van der Waals surface area contributed by atoms with E-state index in [-0.39, 0.29) is 0 Å². The number of amidine groups is 1. The number of rotatable bonds is 3. The molecule has 0 aliphatic carbocycles. The molecule has 0 aromatic rings. The zero-order valence-corrected chi connectivity index (χ0v) is 8.02. The molecule has 0 radical (unpaired) electrons. The third-order valence-corrected chi connectivity index (χ3v) is 1.70. The van der Waals surface area contributed by atoms with E-state index in [0.717, 1.165) is 5.17 Å². The fraction of sp³-hybridized carbons (Fsp3) is 0.571. The Labute approximate surface area is 72.1 Å². The van der Waals surface area contributed by atoms with Crippen molar-refractivity contribution in [3.63, 3.8) is 0 Å². The molecule has 64 valence electrons. The summed E-state index contributed by atoms with van der Waals surface area (Å²) >= 11 is 1.52. The molecule has 0 bridgehead atoms. The van der Waals surface area contributed by atoms with Crippen molar-refractivity contribution >= 4 is 16.9 Å². The van der Waals surface area contributed by atoms with Gasteiger partial charge in [0.15, 0.2) is 5.17 Å². The summed E-state index contributed by atoms with van der Waals surface area (Å²) in [6.45, 7) is 6.09.